The van der Waals surface area contributed by atoms with Crippen LogP contribution in [0.1, 0.15) is 30.6 Å². The molecule has 16 heavy (non-hydrogen) atoms. The third-order valence-corrected chi connectivity index (χ3v) is 4.92. The molecule has 1 aromatic heterocycles. The van der Waals surface area contributed by atoms with Crippen LogP contribution in [0.25, 0.3) is 0 Å². The molecule has 0 aliphatic carbocycles. The molecule has 2 nitrogen and oxygen atoms in total. The topological polar surface area (TPSA) is 15.3 Å². The average molecular weight is 236 g/mol. The van der Waals surface area contributed by atoms with E-state index in [1.807, 2.05) is 11.3 Å². The second kappa shape index (κ2) is 4.47. The lowest BCUT2D eigenvalue weighted by atomic mass is 9.98. The second-order valence-electron chi connectivity index (χ2n) is 5.26. The third kappa shape index (κ3) is 2.17. The summed E-state index contributed by atoms with van der Waals surface area (Å²) in [6.07, 6.45) is 5.48. The van der Waals surface area contributed by atoms with E-state index in [1.165, 1.54) is 30.6 Å². The van der Waals surface area contributed by atoms with E-state index in [4.69, 9.17) is 0 Å². The van der Waals surface area contributed by atoms with Crippen molar-refractivity contribution < 1.29 is 0 Å². The van der Waals surface area contributed by atoms with Crippen molar-refractivity contribution in [2.24, 2.45) is 0 Å². The van der Waals surface area contributed by atoms with E-state index in [9.17, 15) is 0 Å². The largest absolute Gasteiger partial charge is 0.311 e. The maximum Gasteiger partial charge on any atom is 0.0327 e. The minimum Gasteiger partial charge on any atom is -0.311 e. The Hall–Kier alpha value is -0.380. The summed E-state index contributed by atoms with van der Waals surface area (Å²) < 4.78 is 0. The van der Waals surface area contributed by atoms with Crippen molar-refractivity contribution in [1.82, 2.24) is 10.2 Å². The first-order valence-electron chi connectivity index (χ1n) is 6.30. The molecule has 2 unspecified atom stereocenters. The first kappa shape index (κ1) is 10.8. The normalized spacial score (nSPS) is 33.5. The van der Waals surface area contributed by atoms with Gasteiger partial charge >= 0.3 is 0 Å². The van der Waals surface area contributed by atoms with Crippen LogP contribution >= 0.6 is 11.3 Å². The summed E-state index contributed by atoms with van der Waals surface area (Å²) in [5.74, 6) is 0. The van der Waals surface area contributed by atoms with Crippen LogP contribution in [0.2, 0.25) is 0 Å². The standard InChI is InChI=1S/C13H20N2S/c1-15(9-13-3-2-6-16-13)12-7-10-4-5-11(8-12)14-10/h2-3,6,10-12,14H,4-5,7-9H2,1H3. The molecule has 3 heteroatoms. The summed E-state index contributed by atoms with van der Waals surface area (Å²) in [5, 5.41) is 5.89. The number of hydrogen-bond donors (Lipinski definition) is 1. The number of hydrogen-bond acceptors (Lipinski definition) is 3. The molecule has 2 aliphatic heterocycles. The molecule has 3 heterocycles. The molecule has 2 atom stereocenters. The van der Waals surface area contributed by atoms with Gasteiger partial charge in [0.2, 0.25) is 0 Å². The molecule has 0 radical (unpaired) electrons. The lowest BCUT2D eigenvalue weighted by molar-refractivity contribution is 0.167. The number of rotatable bonds is 3. The fraction of sp³-hybridized carbons (Fsp3) is 0.692. The van der Waals surface area contributed by atoms with Gasteiger partial charge in [-0.25, -0.2) is 0 Å². The van der Waals surface area contributed by atoms with E-state index in [1.54, 1.807) is 0 Å². The predicted octanol–water partition coefficient (Wildman–Crippen LogP) is 2.46. The van der Waals surface area contributed by atoms with Crippen LogP contribution < -0.4 is 5.32 Å². The summed E-state index contributed by atoms with van der Waals surface area (Å²) in [5.41, 5.74) is 0. The molecule has 0 amide bonds. The fourth-order valence-corrected chi connectivity index (χ4v) is 3.93. The van der Waals surface area contributed by atoms with E-state index >= 15 is 0 Å². The third-order valence-electron chi connectivity index (χ3n) is 4.06. The van der Waals surface area contributed by atoms with Crippen LogP contribution in [-0.4, -0.2) is 30.1 Å². The van der Waals surface area contributed by atoms with Gasteiger partial charge in [0.15, 0.2) is 0 Å². The van der Waals surface area contributed by atoms with Gasteiger partial charge in [-0.05, 0) is 44.2 Å². The Bertz CT molecular complexity index is 324. The SMILES string of the molecule is CN(Cc1cccs1)C1CC2CCC(C1)N2. The van der Waals surface area contributed by atoms with Crippen LogP contribution in [0.15, 0.2) is 17.5 Å². The van der Waals surface area contributed by atoms with E-state index in [-0.39, 0.29) is 0 Å². The molecule has 3 rings (SSSR count). The molecule has 1 aromatic rings. The first-order valence-corrected chi connectivity index (χ1v) is 7.18. The lowest BCUT2D eigenvalue weighted by Gasteiger charge is -2.35. The summed E-state index contributed by atoms with van der Waals surface area (Å²) in [6, 6.07) is 6.79. The number of nitrogens with one attached hydrogen (secondary N) is 1. The van der Waals surface area contributed by atoms with Crippen LogP contribution in [0.4, 0.5) is 0 Å². The zero-order valence-electron chi connectivity index (χ0n) is 9.86. The quantitative estimate of drug-likeness (QED) is 0.867. The molecule has 2 saturated heterocycles. The van der Waals surface area contributed by atoms with Crippen molar-refractivity contribution in [2.45, 2.75) is 50.4 Å². The highest BCUT2D eigenvalue weighted by Gasteiger charge is 2.34. The van der Waals surface area contributed by atoms with Gasteiger partial charge in [-0.2, -0.15) is 0 Å². The van der Waals surface area contributed by atoms with E-state index in [0.717, 1.165) is 24.7 Å². The van der Waals surface area contributed by atoms with Crippen molar-refractivity contribution in [1.29, 1.82) is 0 Å². The highest BCUT2D eigenvalue weighted by molar-refractivity contribution is 7.09. The zero-order valence-corrected chi connectivity index (χ0v) is 10.7. The maximum atomic E-state index is 3.71. The molecular formula is C13H20N2S. The Labute approximate surface area is 102 Å². The van der Waals surface area contributed by atoms with Crippen molar-refractivity contribution >= 4 is 11.3 Å². The van der Waals surface area contributed by atoms with Crippen molar-refractivity contribution in [3.63, 3.8) is 0 Å². The molecule has 2 bridgehead atoms. The Morgan fingerprint density at radius 3 is 2.75 bits per heavy atom. The molecule has 0 spiro atoms. The van der Waals surface area contributed by atoms with Crippen LogP contribution in [0.3, 0.4) is 0 Å². The average Bonchev–Trinajstić information content (AvgIpc) is 2.89. The van der Waals surface area contributed by atoms with Gasteiger partial charge < -0.3 is 5.32 Å². The Morgan fingerprint density at radius 2 is 2.12 bits per heavy atom. The molecule has 88 valence electrons. The van der Waals surface area contributed by atoms with Crippen LogP contribution in [0, 0.1) is 0 Å². The van der Waals surface area contributed by atoms with Gasteiger partial charge in [-0.15, -0.1) is 11.3 Å². The monoisotopic (exact) mass is 236 g/mol. The van der Waals surface area contributed by atoms with E-state index in [2.05, 4.69) is 34.8 Å². The summed E-state index contributed by atoms with van der Waals surface area (Å²) in [4.78, 5) is 4.05. The highest BCUT2D eigenvalue weighted by Crippen LogP contribution is 2.30. The lowest BCUT2D eigenvalue weighted by Crippen LogP contribution is -2.46. The van der Waals surface area contributed by atoms with Crippen molar-refractivity contribution in [2.75, 3.05) is 7.05 Å². The van der Waals surface area contributed by atoms with E-state index < -0.39 is 0 Å². The minimum absolute atomic E-state index is 0.792. The fourth-order valence-electron chi connectivity index (χ4n) is 3.16. The van der Waals surface area contributed by atoms with Gasteiger partial charge in [0.25, 0.3) is 0 Å². The molecule has 0 saturated carbocycles. The van der Waals surface area contributed by atoms with Gasteiger partial charge in [-0.1, -0.05) is 6.07 Å². The number of piperidine rings is 1. The van der Waals surface area contributed by atoms with Crippen LogP contribution in [0.5, 0.6) is 0 Å². The maximum absolute atomic E-state index is 3.71. The molecular weight excluding hydrogens is 216 g/mol. The zero-order chi connectivity index (χ0) is 11.0. The predicted molar refractivity (Wildman–Crippen MR) is 68.8 cm³/mol. The van der Waals surface area contributed by atoms with Gasteiger partial charge in [0.05, 0.1) is 0 Å². The van der Waals surface area contributed by atoms with Gasteiger partial charge in [-0.3, -0.25) is 4.90 Å². The second-order valence-corrected chi connectivity index (χ2v) is 6.29. The minimum atomic E-state index is 0.792. The Balaban J connectivity index is 1.60. The van der Waals surface area contributed by atoms with Gasteiger partial charge in [0.1, 0.15) is 0 Å². The molecule has 2 fully saturated rings. The van der Waals surface area contributed by atoms with Gasteiger partial charge in [0, 0.05) is 29.5 Å². The number of fused-ring (bicyclic) bond motifs is 2. The van der Waals surface area contributed by atoms with Crippen LogP contribution in [-0.2, 0) is 6.54 Å². The molecule has 0 aromatic carbocycles. The Morgan fingerprint density at radius 1 is 1.38 bits per heavy atom. The number of thiophene rings is 1. The Kier molecular flexibility index (Phi) is 3.01. The summed E-state index contributed by atoms with van der Waals surface area (Å²) in [6.45, 7) is 1.13. The first-order chi connectivity index (χ1) is 7.81. The summed E-state index contributed by atoms with van der Waals surface area (Å²) in [7, 11) is 2.29. The number of nitrogens with zero attached hydrogens (tertiary/aromatic N) is 1. The van der Waals surface area contributed by atoms with Crippen molar-refractivity contribution in [3.8, 4) is 0 Å². The van der Waals surface area contributed by atoms with Crippen molar-refractivity contribution in [3.05, 3.63) is 22.4 Å². The smallest absolute Gasteiger partial charge is 0.0327 e. The molecule has 1 N–H and O–H groups in total. The summed E-state index contributed by atoms with van der Waals surface area (Å²) >= 11 is 1.88. The molecule has 2 aliphatic rings. The highest BCUT2D eigenvalue weighted by atomic mass is 32.1. The van der Waals surface area contributed by atoms with E-state index in [0.29, 0.717) is 0 Å².